The van der Waals surface area contributed by atoms with Gasteiger partial charge >= 0.3 is 0 Å². The quantitative estimate of drug-likeness (QED) is 0.382. The number of fused-ring (bicyclic) bond motifs is 1. The lowest BCUT2D eigenvalue weighted by Gasteiger charge is -2.31. The van der Waals surface area contributed by atoms with Crippen molar-refractivity contribution in [2.45, 2.75) is 38.8 Å². The number of hydrogen-bond acceptors (Lipinski definition) is 9. The predicted octanol–water partition coefficient (Wildman–Crippen LogP) is 2.58. The molecule has 4 aromatic heterocycles. The number of oxazole rings is 1. The number of carbonyl (C=O) groups excluding carboxylic acids is 1. The van der Waals surface area contributed by atoms with Crippen LogP contribution in [0, 0.1) is 6.92 Å². The summed E-state index contributed by atoms with van der Waals surface area (Å²) in [5.74, 6) is 0.879. The maximum Gasteiger partial charge on any atom is 0.230 e. The molecule has 2 N–H and O–H groups in total. The van der Waals surface area contributed by atoms with Crippen LogP contribution in [-0.4, -0.2) is 68.7 Å². The summed E-state index contributed by atoms with van der Waals surface area (Å²) in [4.78, 5) is 28.7. The number of pyridine rings is 2. The standard InChI is InChI=1S/C25H29N7O4/c1-16-11-17(3-6-26-16)25-28-19(15-36-25)13-22(34)29-21-12-18-14-27-32(9-10-35-2)23(18)30-24(21)31-7-4-20(33)5-8-31/h3,6,11-12,14-15,20,33H,4-5,7-10,13H2,1-2H3,(H,29,34). The zero-order valence-corrected chi connectivity index (χ0v) is 20.3. The molecule has 0 aromatic carbocycles. The van der Waals surface area contributed by atoms with E-state index in [1.54, 1.807) is 24.2 Å². The molecule has 1 fully saturated rings. The molecule has 11 nitrogen and oxygen atoms in total. The van der Waals surface area contributed by atoms with E-state index in [9.17, 15) is 9.90 Å². The van der Waals surface area contributed by atoms with E-state index < -0.39 is 0 Å². The zero-order chi connectivity index (χ0) is 25.1. The number of nitrogens with zero attached hydrogens (tertiary/aromatic N) is 6. The van der Waals surface area contributed by atoms with E-state index in [4.69, 9.17) is 14.1 Å². The molecular formula is C25H29N7O4. The highest BCUT2D eigenvalue weighted by atomic mass is 16.5. The first-order valence-corrected chi connectivity index (χ1v) is 12.0. The van der Waals surface area contributed by atoms with Crippen molar-refractivity contribution >= 4 is 28.4 Å². The van der Waals surface area contributed by atoms with Crippen molar-refractivity contribution in [2.24, 2.45) is 0 Å². The first kappa shape index (κ1) is 23.9. The van der Waals surface area contributed by atoms with Crippen LogP contribution in [0.15, 0.2) is 41.3 Å². The molecule has 0 unspecified atom stereocenters. The van der Waals surface area contributed by atoms with Crippen molar-refractivity contribution in [3.05, 3.63) is 48.2 Å². The summed E-state index contributed by atoms with van der Waals surface area (Å²) >= 11 is 0. The highest BCUT2D eigenvalue weighted by Crippen LogP contribution is 2.30. The summed E-state index contributed by atoms with van der Waals surface area (Å²) in [5.41, 5.74) is 3.52. The van der Waals surface area contributed by atoms with Crippen molar-refractivity contribution in [2.75, 3.05) is 37.0 Å². The minimum absolute atomic E-state index is 0.0524. The Bertz CT molecular complexity index is 1360. The molecule has 1 amide bonds. The Kier molecular flexibility index (Phi) is 6.92. The van der Waals surface area contributed by atoms with Crippen LogP contribution in [-0.2, 0) is 22.5 Å². The van der Waals surface area contributed by atoms with E-state index >= 15 is 0 Å². The van der Waals surface area contributed by atoms with Crippen molar-refractivity contribution in [1.82, 2.24) is 24.7 Å². The van der Waals surface area contributed by atoms with Crippen LogP contribution in [0.2, 0.25) is 0 Å². The molecule has 0 bridgehead atoms. The lowest BCUT2D eigenvalue weighted by Crippen LogP contribution is -2.37. The molecule has 36 heavy (non-hydrogen) atoms. The third-order valence-corrected chi connectivity index (χ3v) is 6.17. The Morgan fingerprint density at radius 2 is 2.11 bits per heavy atom. The number of ether oxygens (including phenoxy) is 1. The number of aliphatic hydroxyl groups is 1. The highest BCUT2D eigenvalue weighted by Gasteiger charge is 2.23. The van der Waals surface area contributed by atoms with Gasteiger partial charge in [0, 0.05) is 43.0 Å². The molecule has 11 heteroatoms. The maximum absolute atomic E-state index is 13.0. The van der Waals surface area contributed by atoms with E-state index in [0.717, 1.165) is 22.3 Å². The number of methoxy groups -OCH3 is 1. The largest absolute Gasteiger partial charge is 0.444 e. The van der Waals surface area contributed by atoms with Gasteiger partial charge in [0.25, 0.3) is 0 Å². The number of anilines is 2. The fourth-order valence-electron chi connectivity index (χ4n) is 4.31. The average molecular weight is 492 g/mol. The van der Waals surface area contributed by atoms with Crippen LogP contribution in [0.1, 0.15) is 24.2 Å². The SMILES string of the molecule is COCCn1ncc2cc(NC(=O)Cc3coc(-c4ccnc(C)c4)n3)c(N3CCC(O)CC3)nc21. The molecule has 1 saturated heterocycles. The molecule has 0 aliphatic carbocycles. The van der Waals surface area contributed by atoms with Crippen LogP contribution in [0.4, 0.5) is 11.5 Å². The van der Waals surface area contributed by atoms with Gasteiger partial charge in [-0.05, 0) is 38.0 Å². The Hall–Kier alpha value is -3.83. The molecule has 188 valence electrons. The molecule has 0 saturated carbocycles. The second-order valence-corrected chi connectivity index (χ2v) is 8.91. The van der Waals surface area contributed by atoms with Gasteiger partial charge in [-0.3, -0.25) is 9.78 Å². The molecule has 0 radical (unpaired) electrons. The van der Waals surface area contributed by atoms with Gasteiger partial charge in [-0.15, -0.1) is 0 Å². The molecule has 5 rings (SSSR count). The monoisotopic (exact) mass is 491 g/mol. The first-order valence-electron chi connectivity index (χ1n) is 12.0. The van der Waals surface area contributed by atoms with Crippen molar-refractivity contribution in [1.29, 1.82) is 0 Å². The van der Waals surface area contributed by atoms with Gasteiger partial charge < -0.3 is 24.5 Å². The Morgan fingerprint density at radius 3 is 2.89 bits per heavy atom. The molecule has 5 heterocycles. The van der Waals surface area contributed by atoms with Crippen LogP contribution in [0.25, 0.3) is 22.5 Å². The number of nitrogens with one attached hydrogen (secondary N) is 1. The number of aryl methyl sites for hydroxylation is 1. The minimum Gasteiger partial charge on any atom is -0.444 e. The topological polar surface area (TPSA) is 131 Å². The van der Waals surface area contributed by atoms with Gasteiger partial charge in [-0.1, -0.05) is 0 Å². The number of aliphatic hydroxyl groups excluding tert-OH is 1. The third kappa shape index (κ3) is 5.21. The number of amides is 1. The smallest absolute Gasteiger partial charge is 0.230 e. The van der Waals surface area contributed by atoms with Crippen LogP contribution in [0.5, 0.6) is 0 Å². The molecular weight excluding hydrogens is 462 g/mol. The van der Waals surface area contributed by atoms with Crippen LogP contribution < -0.4 is 10.2 Å². The number of carbonyl (C=O) groups is 1. The van der Waals surface area contributed by atoms with E-state index in [1.807, 2.05) is 25.1 Å². The van der Waals surface area contributed by atoms with E-state index in [1.165, 1.54) is 6.26 Å². The van der Waals surface area contributed by atoms with Crippen molar-refractivity contribution < 1.29 is 19.1 Å². The maximum atomic E-state index is 13.0. The average Bonchev–Trinajstić information content (AvgIpc) is 3.49. The second kappa shape index (κ2) is 10.4. The normalized spacial score (nSPS) is 14.5. The number of piperidine rings is 1. The van der Waals surface area contributed by atoms with Crippen molar-refractivity contribution in [3.63, 3.8) is 0 Å². The highest BCUT2D eigenvalue weighted by molar-refractivity contribution is 5.97. The van der Waals surface area contributed by atoms with Gasteiger partial charge in [-0.25, -0.2) is 14.6 Å². The van der Waals surface area contributed by atoms with E-state index in [2.05, 4.69) is 25.3 Å². The van der Waals surface area contributed by atoms with Crippen molar-refractivity contribution in [3.8, 4) is 11.5 Å². The fraction of sp³-hybridized carbons (Fsp3) is 0.400. The lowest BCUT2D eigenvalue weighted by molar-refractivity contribution is -0.115. The van der Waals surface area contributed by atoms with E-state index in [0.29, 0.717) is 62.2 Å². The molecule has 1 aliphatic heterocycles. The van der Waals surface area contributed by atoms with Gasteiger partial charge in [-0.2, -0.15) is 5.10 Å². The number of hydrogen-bond donors (Lipinski definition) is 2. The Labute approximate surface area is 208 Å². The predicted molar refractivity (Wildman–Crippen MR) is 134 cm³/mol. The Balaban J connectivity index is 1.38. The van der Waals surface area contributed by atoms with E-state index in [-0.39, 0.29) is 18.4 Å². The fourth-order valence-corrected chi connectivity index (χ4v) is 4.31. The summed E-state index contributed by atoms with van der Waals surface area (Å²) in [6, 6.07) is 5.59. The lowest BCUT2D eigenvalue weighted by atomic mass is 10.1. The number of aromatic nitrogens is 5. The summed E-state index contributed by atoms with van der Waals surface area (Å²) in [6.07, 6.45) is 5.95. The Morgan fingerprint density at radius 1 is 1.28 bits per heavy atom. The minimum atomic E-state index is -0.319. The van der Waals surface area contributed by atoms with Crippen LogP contribution in [0.3, 0.4) is 0 Å². The summed E-state index contributed by atoms with van der Waals surface area (Å²) in [7, 11) is 1.65. The summed E-state index contributed by atoms with van der Waals surface area (Å²) < 4.78 is 12.6. The molecule has 1 aliphatic rings. The summed E-state index contributed by atoms with van der Waals surface area (Å²) in [5, 5.41) is 18.2. The van der Waals surface area contributed by atoms with Gasteiger partial charge in [0.1, 0.15) is 6.26 Å². The van der Waals surface area contributed by atoms with Gasteiger partial charge in [0.15, 0.2) is 11.5 Å². The second-order valence-electron chi connectivity index (χ2n) is 8.91. The zero-order valence-electron chi connectivity index (χ0n) is 20.3. The summed E-state index contributed by atoms with van der Waals surface area (Å²) in [6.45, 7) is 4.27. The first-order chi connectivity index (χ1) is 17.5. The van der Waals surface area contributed by atoms with Crippen LogP contribution >= 0.6 is 0 Å². The van der Waals surface area contributed by atoms with Gasteiger partial charge in [0.05, 0.1) is 43.3 Å². The van der Waals surface area contributed by atoms with Gasteiger partial charge in [0.2, 0.25) is 11.8 Å². The molecule has 0 atom stereocenters. The molecule has 4 aromatic rings. The third-order valence-electron chi connectivity index (χ3n) is 6.17. The molecule has 0 spiro atoms. The number of rotatable bonds is 8.